The van der Waals surface area contributed by atoms with Crippen LogP contribution in [0.25, 0.3) is 12.2 Å². The van der Waals surface area contributed by atoms with Gasteiger partial charge < -0.3 is 30.1 Å². The molecule has 3 amide bonds. The second-order valence-electron chi connectivity index (χ2n) is 17.0. The van der Waals surface area contributed by atoms with E-state index in [2.05, 4.69) is 74.3 Å². The molecule has 0 aromatic heterocycles. The molecular formula is C57H74N6O9. The van der Waals surface area contributed by atoms with Crippen molar-refractivity contribution < 1.29 is 43.8 Å². The molecule has 0 unspecified atom stereocenters. The van der Waals surface area contributed by atoms with Crippen LogP contribution in [0.3, 0.4) is 0 Å². The van der Waals surface area contributed by atoms with Crippen molar-refractivity contribution >= 4 is 35.8 Å². The molecule has 2 heterocycles. The lowest BCUT2D eigenvalue weighted by atomic mass is 10.0. The first kappa shape index (κ1) is 61.2. The average molecular weight is 987 g/mol. The fraction of sp³-hybridized carbons (Fsp3) is 0.368. The minimum absolute atomic E-state index is 0. The van der Waals surface area contributed by atoms with Crippen LogP contribution in [0.15, 0.2) is 109 Å². The fourth-order valence-electron chi connectivity index (χ4n) is 7.12. The van der Waals surface area contributed by atoms with Crippen molar-refractivity contribution in [2.75, 3.05) is 59.7 Å². The molecule has 0 radical (unpaired) electrons. The zero-order chi connectivity index (χ0) is 50.7. The summed E-state index contributed by atoms with van der Waals surface area (Å²) in [6, 6.07) is 29.3. The molecule has 0 bridgehead atoms. The molecule has 0 aliphatic carbocycles. The molecule has 15 heteroatoms. The molecule has 0 spiro atoms. The highest BCUT2D eigenvalue weighted by Crippen LogP contribution is 2.13. The minimum Gasteiger partial charge on any atom is -0.467 e. The summed E-state index contributed by atoms with van der Waals surface area (Å²) < 4.78 is 15.6. The third-order valence-electron chi connectivity index (χ3n) is 11.2. The van der Waals surface area contributed by atoms with Crippen molar-refractivity contribution in [2.45, 2.75) is 67.7 Å². The van der Waals surface area contributed by atoms with Crippen molar-refractivity contribution in [2.24, 2.45) is 17.7 Å². The van der Waals surface area contributed by atoms with Gasteiger partial charge in [-0.1, -0.05) is 115 Å². The van der Waals surface area contributed by atoms with E-state index in [1.165, 1.54) is 18.2 Å². The van der Waals surface area contributed by atoms with E-state index in [0.29, 0.717) is 11.1 Å². The number of rotatable bonds is 14. The number of allylic oxidation sites excluding steroid dienone is 2. The largest absolute Gasteiger partial charge is 0.467 e. The zero-order valence-electron chi connectivity index (χ0n) is 40.7. The number of hydroxylamine groups is 1. The summed E-state index contributed by atoms with van der Waals surface area (Å²) in [4.78, 5) is 53.3. The molecule has 2 fully saturated rings. The maximum atomic E-state index is 12.5. The van der Waals surface area contributed by atoms with Crippen molar-refractivity contribution in [1.29, 1.82) is 0 Å². The van der Waals surface area contributed by atoms with E-state index in [1.807, 2.05) is 74.5 Å². The number of nitrogens with zero attached hydrogens (tertiary/aromatic N) is 2. The van der Waals surface area contributed by atoms with E-state index in [-0.39, 0.29) is 38.5 Å². The SMILES string of the molecule is C.C.CC(C)[C@H](NC(=O)c1ccc(C=CC#Cc2ccc(CN3CCOCC3)cc2)cc1)C(=O)NO.COC(=O)[C@@H](NC(=O)c1ccc(C=CC#Cc2ccc(CN3CCOCC3)cc2)cc1)C(C)C.NO. The maximum Gasteiger partial charge on any atom is 0.328 e. The van der Waals surface area contributed by atoms with Gasteiger partial charge in [0.1, 0.15) is 12.1 Å². The van der Waals surface area contributed by atoms with Gasteiger partial charge in [-0.2, -0.15) is 0 Å². The van der Waals surface area contributed by atoms with E-state index < -0.39 is 24.0 Å². The third-order valence-corrected chi connectivity index (χ3v) is 11.2. The van der Waals surface area contributed by atoms with Crippen LogP contribution in [0.5, 0.6) is 0 Å². The van der Waals surface area contributed by atoms with Gasteiger partial charge in [0.2, 0.25) is 0 Å². The Morgan fingerprint density at radius 1 is 0.611 bits per heavy atom. The van der Waals surface area contributed by atoms with E-state index in [4.69, 9.17) is 24.6 Å². The summed E-state index contributed by atoms with van der Waals surface area (Å²) in [6.45, 7) is 16.3. The van der Waals surface area contributed by atoms with Crippen molar-refractivity contribution in [3.8, 4) is 23.7 Å². The summed E-state index contributed by atoms with van der Waals surface area (Å²) >= 11 is 0. The number of amides is 3. The van der Waals surface area contributed by atoms with Crippen molar-refractivity contribution in [1.82, 2.24) is 25.9 Å². The number of esters is 1. The molecule has 2 aliphatic heterocycles. The standard InChI is InChI=1S/C28H32N2O4.C27H31N3O4.2CH4.H3NO/c1-21(2)26(28(32)33-3)29-27(31)25-14-12-23(13-15-25)7-5-4-6-22-8-10-24(11-9-22)20-30-16-18-34-19-17-30;1-20(2)25(27(32)29-33)28-26(31)24-13-11-22(12-14-24)6-4-3-5-21-7-9-23(10-8-21)19-30-15-17-34-18-16-30;;;1-2/h5,7-15,21,26H,16-20H2,1-3H3,(H,29,31);4,6-14,20,25,33H,15-19H2,1-2H3,(H,28,31)(H,29,32);2*1H4;2H,1H2/t26-;25-;;;/m00.../s1. The van der Waals surface area contributed by atoms with Gasteiger partial charge in [0.25, 0.3) is 17.7 Å². The van der Waals surface area contributed by atoms with Crippen LogP contribution in [-0.2, 0) is 36.9 Å². The normalized spacial score (nSPS) is 14.2. The Morgan fingerprint density at radius 3 is 1.31 bits per heavy atom. The molecule has 4 aromatic rings. The number of hydrogen-bond acceptors (Lipinski definition) is 12. The highest BCUT2D eigenvalue weighted by Gasteiger charge is 2.26. The summed E-state index contributed by atoms with van der Waals surface area (Å²) in [6.07, 6.45) is 7.34. The van der Waals surface area contributed by atoms with E-state index in [0.717, 1.165) is 87.9 Å². The number of benzene rings is 4. The third kappa shape index (κ3) is 21.2. The summed E-state index contributed by atoms with van der Waals surface area (Å²) in [7, 11) is 1.32. The summed E-state index contributed by atoms with van der Waals surface area (Å²) in [5, 5.41) is 20.7. The zero-order valence-corrected chi connectivity index (χ0v) is 40.7. The Bertz CT molecular complexity index is 2270. The van der Waals surface area contributed by atoms with E-state index >= 15 is 0 Å². The summed E-state index contributed by atoms with van der Waals surface area (Å²) in [5.74, 6) is 13.9. The first-order valence-corrected chi connectivity index (χ1v) is 23.2. The number of ether oxygens (including phenoxy) is 3. The Hall–Kier alpha value is -6.92. The smallest absolute Gasteiger partial charge is 0.328 e. The second kappa shape index (κ2) is 33.6. The lowest BCUT2D eigenvalue weighted by Crippen LogP contribution is -2.48. The van der Waals surface area contributed by atoms with Crippen LogP contribution in [0.4, 0.5) is 0 Å². The van der Waals surface area contributed by atoms with Gasteiger partial charge in [0, 0.05) is 61.5 Å². The first-order valence-electron chi connectivity index (χ1n) is 23.2. The molecule has 4 aromatic carbocycles. The van der Waals surface area contributed by atoms with Gasteiger partial charge in [-0.05, 0) is 107 Å². The Balaban J connectivity index is 0.000000465. The van der Waals surface area contributed by atoms with Gasteiger partial charge in [-0.3, -0.25) is 29.4 Å². The van der Waals surface area contributed by atoms with Gasteiger partial charge in [0.05, 0.1) is 33.5 Å². The van der Waals surface area contributed by atoms with Crippen LogP contribution in [0.1, 0.15) is 96.6 Å². The number of hydrogen-bond donors (Lipinski definition) is 6. The first-order chi connectivity index (χ1) is 33.9. The maximum absolute atomic E-state index is 12.5. The number of carbonyl (C=O) groups excluding carboxylic acids is 4. The average Bonchev–Trinajstić information content (AvgIpc) is 3.39. The number of nitrogens with two attached hydrogens (primary N) is 1. The number of methoxy groups -OCH3 is 1. The van der Waals surface area contributed by atoms with Crippen LogP contribution in [0.2, 0.25) is 0 Å². The molecule has 2 aliphatic rings. The fourth-order valence-corrected chi connectivity index (χ4v) is 7.12. The highest BCUT2D eigenvalue weighted by atomic mass is 16.5. The van der Waals surface area contributed by atoms with E-state index in [9.17, 15) is 19.2 Å². The van der Waals surface area contributed by atoms with Crippen LogP contribution >= 0.6 is 0 Å². The molecular weight excluding hydrogens is 913 g/mol. The molecule has 72 heavy (non-hydrogen) atoms. The Morgan fingerprint density at radius 2 is 0.972 bits per heavy atom. The van der Waals surface area contributed by atoms with E-state index in [1.54, 1.807) is 55.7 Å². The molecule has 2 atom stereocenters. The predicted octanol–water partition coefficient (Wildman–Crippen LogP) is 6.96. The molecule has 6 rings (SSSR count). The van der Waals surface area contributed by atoms with Crippen molar-refractivity contribution in [3.63, 3.8) is 0 Å². The number of morpholine rings is 2. The highest BCUT2D eigenvalue weighted by molar-refractivity contribution is 5.98. The Labute approximate surface area is 426 Å². The quantitative estimate of drug-likeness (QED) is 0.0329. The monoisotopic (exact) mass is 987 g/mol. The number of nitrogens with one attached hydrogen (secondary N) is 3. The molecule has 0 saturated carbocycles. The molecule has 15 nitrogen and oxygen atoms in total. The van der Waals surface area contributed by atoms with Gasteiger partial charge in [0.15, 0.2) is 0 Å². The van der Waals surface area contributed by atoms with Gasteiger partial charge >= 0.3 is 5.97 Å². The Kier molecular flexibility index (Phi) is 28.6. The van der Waals surface area contributed by atoms with Crippen molar-refractivity contribution in [3.05, 3.63) is 154 Å². The topological polar surface area (TPSA) is 205 Å². The lowest BCUT2D eigenvalue weighted by molar-refractivity contribution is -0.144. The number of carbonyl (C=O) groups is 4. The molecule has 2 saturated heterocycles. The molecule has 7 N–H and O–H groups in total. The lowest BCUT2D eigenvalue weighted by Gasteiger charge is -2.26. The summed E-state index contributed by atoms with van der Waals surface area (Å²) in [5.41, 5.74) is 8.79. The second-order valence-corrected chi connectivity index (χ2v) is 17.0. The molecule has 386 valence electrons. The predicted molar refractivity (Wildman–Crippen MR) is 283 cm³/mol. The van der Waals surface area contributed by atoms with Crippen LogP contribution in [-0.4, -0.2) is 116 Å². The minimum atomic E-state index is -0.819. The van der Waals surface area contributed by atoms with Crippen LogP contribution in [0, 0.1) is 35.5 Å². The van der Waals surface area contributed by atoms with Gasteiger partial charge in [-0.15, -0.1) is 0 Å². The van der Waals surface area contributed by atoms with Gasteiger partial charge in [-0.25, -0.2) is 16.2 Å². The van der Waals surface area contributed by atoms with Crippen LogP contribution < -0.4 is 22.0 Å².